The van der Waals surface area contributed by atoms with Crippen LogP contribution in [0.25, 0.3) is 10.9 Å². The first-order valence-electron chi connectivity index (χ1n) is 25.3. The Morgan fingerprint density at radius 3 is 2.30 bits per heavy atom. The van der Waals surface area contributed by atoms with E-state index in [1.54, 1.807) is 25.3 Å². The molecule has 4 fully saturated rings. The molecule has 8 rings (SSSR count). The second-order valence-electron chi connectivity index (χ2n) is 19.1. The molecule has 1 unspecified atom stereocenters. The summed E-state index contributed by atoms with van der Waals surface area (Å²) in [5.41, 5.74) is 2.03. The van der Waals surface area contributed by atoms with Gasteiger partial charge in [-0.05, 0) is 108 Å². The lowest BCUT2D eigenvalue weighted by Crippen LogP contribution is -2.54. The van der Waals surface area contributed by atoms with E-state index in [-0.39, 0.29) is 29.9 Å². The molecular weight excluding hydrogens is 851 g/mol. The Balaban J connectivity index is 0.710. The molecule has 4 N–H and O–H groups in total. The monoisotopic (exact) mass is 922 g/mol. The zero-order chi connectivity index (χ0) is 46.5. The summed E-state index contributed by atoms with van der Waals surface area (Å²) in [7, 11) is 1.70. The Bertz CT molecular complexity index is 2220. The molecule has 5 heterocycles. The van der Waals surface area contributed by atoms with Gasteiger partial charge in [-0.15, -0.1) is 0 Å². The maximum Gasteiger partial charge on any atom is 0.264 e. The van der Waals surface area contributed by atoms with Crippen molar-refractivity contribution in [3.63, 3.8) is 0 Å². The summed E-state index contributed by atoms with van der Waals surface area (Å²) in [4.78, 5) is 79.5. The van der Waals surface area contributed by atoms with Gasteiger partial charge in [-0.1, -0.05) is 44.6 Å². The van der Waals surface area contributed by atoms with Crippen molar-refractivity contribution in [2.45, 2.75) is 140 Å². The number of carbonyl (C=O) groups excluding carboxylic acids is 5. The maximum absolute atomic E-state index is 13.3. The molecule has 362 valence electrons. The average molecular weight is 922 g/mol. The van der Waals surface area contributed by atoms with Crippen molar-refractivity contribution in [3.05, 3.63) is 47.3 Å². The summed E-state index contributed by atoms with van der Waals surface area (Å²) in [5, 5.41) is 13.5. The summed E-state index contributed by atoms with van der Waals surface area (Å²) in [6.45, 7) is 8.25. The van der Waals surface area contributed by atoms with Crippen LogP contribution in [0.15, 0.2) is 30.3 Å². The first-order chi connectivity index (χ1) is 32.7. The molecule has 5 aliphatic rings. The van der Waals surface area contributed by atoms with Crippen molar-refractivity contribution in [1.29, 1.82) is 0 Å². The van der Waals surface area contributed by atoms with Crippen LogP contribution in [-0.2, 0) is 14.4 Å². The van der Waals surface area contributed by atoms with Crippen molar-refractivity contribution in [1.82, 2.24) is 35.3 Å². The molecule has 5 amide bonds. The Kier molecular flexibility index (Phi) is 16.9. The third-order valence-corrected chi connectivity index (χ3v) is 14.3. The summed E-state index contributed by atoms with van der Waals surface area (Å²) < 4.78 is 12.2. The van der Waals surface area contributed by atoms with Gasteiger partial charge in [0.15, 0.2) is 11.5 Å². The molecule has 1 atom stereocenters. The molecule has 0 spiro atoms. The smallest absolute Gasteiger partial charge is 0.264 e. The van der Waals surface area contributed by atoms with Gasteiger partial charge in [-0.2, -0.15) is 0 Å². The maximum atomic E-state index is 13.3. The largest absolute Gasteiger partial charge is 0.493 e. The molecule has 2 aromatic carbocycles. The SMILES string of the molecule is COc1cc2c(NC3CCN(CCCC(=O)NCCCCCCCNc4cccc5c4C(=O)N(C4CCC(=O)NC4=O)C5=O)CC3)nc(C3CCCCC3)nc2cc1OCCCN1CCCC1. The normalized spacial score (nSPS) is 19.8. The van der Waals surface area contributed by atoms with E-state index >= 15 is 0 Å². The topological polar surface area (TPSA) is 187 Å². The fourth-order valence-electron chi connectivity index (χ4n) is 10.5. The van der Waals surface area contributed by atoms with E-state index in [4.69, 9.17) is 19.4 Å². The second-order valence-corrected chi connectivity index (χ2v) is 19.1. The molecule has 1 aromatic heterocycles. The van der Waals surface area contributed by atoms with Crippen LogP contribution >= 0.6 is 0 Å². The number of piperidine rings is 2. The van der Waals surface area contributed by atoms with Crippen LogP contribution in [-0.4, -0.2) is 132 Å². The van der Waals surface area contributed by atoms with Gasteiger partial charge in [0.2, 0.25) is 17.7 Å². The molecule has 1 saturated carbocycles. The number of rotatable bonds is 23. The lowest BCUT2D eigenvalue weighted by atomic mass is 9.88. The lowest BCUT2D eigenvalue weighted by molar-refractivity contribution is -0.136. The number of likely N-dealkylation sites (tertiary alicyclic amines) is 2. The van der Waals surface area contributed by atoms with Crippen molar-refractivity contribution < 1.29 is 33.4 Å². The highest BCUT2D eigenvalue weighted by atomic mass is 16.5. The Labute approximate surface area is 395 Å². The molecule has 16 heteroatoms. The summed E-state index contributed by atoms with van der Waals surface area (Å²) >= 11 is 0. The van der Waals surface area contributed by atoms with Gasteiger partial charge in [0.05, 0.1) is 30.4 Å². The fourth-order valence-corrected chi connectivity index (χ4v) is 10.5. The molecular formula is C51H71N9O7. The Hall–Kier alpha value is -5.35. The number of aromatic nitrogens is 2. The van der Waals surface area contributed by atoms with Crippen molar-refractivity contribution >= 4 is 51.9 Å². The number of hydrogen-bond donors (Lipinski definition) is 4. The first-order valence-corrected chi connectivity index (χ1v) is 25.3. The van der Waals surface area contributed by atoms with Crippen LogP contribution in [0.5, 0.6) is 11.5 Å². The highest BCUT2D eigenvalue weighted by Crippen LogP contribution is 2.38. The number of carbonyl (C=O) groups is 5. The van der Waals surface area contributed by atoms with E-state index in [9.17, 15) is 24.0 Å². The van der Waals surface area contributed by atoms with Gasteiger partial charge >= 0.3 is 0 Å². The minimum atomic E-state index is -0.986. The van der Waals surface area contributed by atoms with Crippen LogP contribution in [0.1, 0.15) is 154 Å². The van der Waals surface area contributed by atoms with E-state index in [0.29, 0.717) is 49.5 Å². The van der Waals surface area contributed by atoms with Gasteiger partial charge < -0.3 is 35.2 Å². The van der Waals surface area contributed by atoms with Gasteiger partial charge in [0.1, 0.15) is 17.7 Å². The number of hydrogen-bond acceptors (Lipinski definition) is 13. The number of unbranched alkanes of at least 4 members (excludes halogenated alkanes) is 4. The number of nitrogens with zero attached hydrogens (tertiary/aromatic N) is 5. The van der Waals surface area contributed by atoms with Gasteiger partial charge in [-0.3, -0.25) is 34.2 Å². The van der Waals surface area contributed by atoms with Gasteiger partial charge in [0.25, 0.3) is 11.8 Å². The molecule has 0 bridgehead atoms. The number of anilines is 2. The fraction of sp³-hybridized carbons (Fsp3) is 0.627. The van der Waals surface area contributed by atoms with E-state index < -0.39 is 29.7 Å². The first kappa shape index (κ1) is 48.1. The summed E-state index contributed by atoms with van der Waals surface area (Å²) in [6.07, 6.45) is 17.9. The Morgan fingerprint density at radius 2 is 1.52 bits per heavy atom. The lowest BCUT2D eigenvalue weighted by Gasteiger charge is -2.33. The van der Waals surface area contributed by atoms with Crippen LogP contribution in [0.2, 0.25) is 0 Å². The van der Waals surface area contributed by atoms with Crippen LogP contribution in [0.3, 0.4) is 0 Å². The number of methoxy groups -OCH3 is 1. The molecule has 3 aromatic rings. The zero-order valence-corrected chi connectivity index (χ0v) is 39.5. The van der Waals surface area contributed by atoms with Gasteiger partial charge in [-0.25, -0.2) is 9.97 Å². The molecule has 16 nitrogen and oxygen atoms in total. The standard InChI is InChI=1S/C51H71N9O7/c1-66-42-33-38-40(34-43(42)67-32-14-29-58-26-10-11-27-58)55-47(35-15-6-5-7-16-35)57-48(38)54-36-22-30-59(31-23-36)28-13-19-44(61)53-25-9-4-2-3-8-24-52-39-18-12-17-37-46(39)51(65)60(50(37)64)41-20-21-45(62)56-49(41)63/h12,17-18,33-36,41,52H,2-11,13-16,19-32H2,1H3,(H,53,61)(H,54,55,57)(H,56,62,63). The zero-order valence-electron chi connectivity index (χ0n) is 39.5. The second kappa shape index (κ2) is 23.6. The predicted molar refractivity (Wildman–Crippen MR) is 258 cm³/mol. The number of amides is 5. The van der Waals surface area contributed by atoms with Crippen LogP contribution in [0, 0.1) is 0 Å². The number of benzene rings is 2. The average Bonchev–Trinajstić information content (AvgIpc) is 3.95. The van der Waals surface area contributed by atoms with E-state index in [0.717, 1.165) is 130 Å². The van der Waals surface area contributed by atoms with E-state index in [1.807, 2.05) is 0 Å². The number of imide groups is 2. The quantitative estimate of drug-likeness (QED) is 0.0576. The minimum Gasteiger partial charge on any atom is -0.493 e. The number of ether oxygens (including phenoxy) is 2. The molecule has 3 saturated heterocycles. The van der Waals surface area contributed by atoms with Gasteiger partial charge in [0, 0.05) is 74.7 Å². The van der Waals surface area contributed by atoms with Crippen molar-refractivity contribution in [2.24, 2.45) is 0 Å². The number of nitrogens with one attached hydrogen (secondary N) is 4. The summed E-state index contributed by atoms with van der Waals surface area (Å²) in [6, 6.07) is 8.52. The van der Waals surface area contributed by atoms with E-state index in [1.165, 1.54) is 45.2 Å². The third-order valence-electron chi connectivity index (χ3n) is 14.3. The third kappa shape index (κ3) is 12.4. The molecule has 4 aliphatic heterocycles. The van der Waals surface area contributed by atoms with E-state index in [2.05, 4.69) is 43.2 Å². The number of fused-ring (bicyclic) bond motifs is 2. The highest BCUT2D eigenvalue weighted by molar-refractivity contribution is 6.25. The molecule has 1 aliphatic carbocycles. The van der Waals surface area contributed by atoms with Crippen LogP contribution < -0.4 is 30.7 Å². The minimum absolute atomic E-state index is 0.0847. The molecule has 67 heavy (non-hydrogen) atoms. The van der Waals surface area contributed by atoms with Crippen molar-refractivity contribution in [2.75, 3.05) is 76.7 Å². The Morgan fingerprint density at radius 1 is 0.776 bits per heavy atom. The van der Waals surface area contributed by atoms with Crippen LogP contribution in [0.4, 0.5) is 11.5 Å². The highest BCUT2D eigenvalue weighted by Gasteiger charge is 2.45. The summed E-state index contributed by atoms with van der Waals surface area (Å²) in [5.74, 6) is 1.74. The van der Waals surface area contributed by atoms with Crippen molar-refractivity contribution in [3.8, 4) is 11.5 Å². The predicted octanol–water partition coefficient (Wildman–Crippen LogP) is 6.79. The molecule has 0 radical (unpaired) electrons.